The number of para-hydroxylation sites is 1. The van der Waals surface area contributed by atoms with Crippen LogP contribution in [-0.4, -0.2) is 17.7 Å². The third-order valence-corrected chi connectivity index (χ3v) is 4.49. The molecule has 0 atom stereocenters. The van der Waals surface area contributed by atoms with Crippen LogP contribution in [0.3, 0.4) is 0 Å². The summed E-state index contributed by atoms with van der Waals surface area (Å²) in [6.45, 7) is 4.51. The molecular weight excluding hydrogens is 354 g/mol. The molecule has 0 radical (unpaired) electrons. The predicted octanol–water partition coefficient (Wildman–Crippen LogP) is 4.93. The number of aromatic nitrogens is 1. The Kier molecular flexibility index (Phi) is 4.85. The van der Waals surface area contributed by atoms with Crippen molar-refractivity contribution >= 4 is 23.0 Å². The number of rotatable bonds is 5. The molecule has 6 nitrogen and oxygen atoms in total. The summed E-state index contributed by atoms with van der Waals surface area (Å²) in [5.41, 5.74) is 4.06. The molecular formula is C22H21N3O3. The van der Waals surface area contributed by atoms with Crippen molar-refractivity contribution < 1.29 is 14.3 Å². The van der Waals surface area contributed by atoms with Crippen molar-refractivity contribution in [2.45, 2.75) is 19.8 Å². The molecule has 0 fully saturated rings. The normalized spacial score (nSPS) is 12.1. The van der Waals surface area contributed by atoms with Crippen molar-refractivity contribution in [2.75, 3.05) is 17.4 Å². The highest BCUT2D eigenvalue weighted by Gasteiger charge is 2.15. The van der Waals surface area contributed by atoms with Gasteiger partial charge in [-0.3, -0.25) is 4.79 Å². The molecule has 1 aliphatic rings. The van der Waals surface area contributed by atoms with E-state index < -0.39 is 0 Å². The van der Waals surface area contributed by atoms with Gasteiger partial charge in [-0.25, -0.2) is 4.98 Å². The largest absolute Gasteiger partial charge is 0.454 e. The molecule has 2 heterocycles. The molecule has 142 valence electrons. The Morgan fingerprint density at radius 3 is 2.57 bits per heavy atom. The van der Waals surface area contributed by atoms with Crippen LogP contribution < -0.4 is 20.1 Å². The van der Waals surface area contributed by atoms with E-state index in [-0.39, 0.29) is 12.7 Å². The van der Waals surface area contributed by atoms with E-state index >= 15 is 0 Å². The van der Waals surface area contributed by atoms with Crippen LogP contribution in [0.15, 0.2) is 60.8 Å². The van der Waals surface area contributed by atoms with Crippen LogP contribution in [0.2, 0.25) is 0 Å². The number of amides is 1. The minimum Gasteiger partial charge on any atom is -0.454 e. The van der Waals surface area contributed by atoms with Gasteiger partial charge in [-0.1, -0.05) is 32.0 Å². The SMILES string of the molecule is CC(C)c1ccccc1Nc1ccc(C(=O)Nc2ccc3c(c2)OCO3)nc1. The number of benzene rings is 2. The fraction of sp³-hybridized carbons (Fsp3) is 0.182. The quantitative estimate of drug-likeness (QED) is 0.661. The van der Waals surface area contributed by atoms with Gasteiger partial charge < -0.3 is 20.1 Å². The van der Waals surface area contributed by atoms with Crippen LogP contribution in [0.1, 0.15) is 35.8 Å². The molecule has 1 aliphatic heterocycles. The van der Waals surface area contributed by atoms with Crippen molar-refractivity contribution in [1.82, 2.24) is 4.98 Å². The first-order chi connectivity index (χ1) is 13.6. The Hall–Kier alpha value is -3.54. The summed E-state index contributed by atoms with van der Waals surface area (Å²) in [6, 6.07) is 17.0. The van der Waals surface area contributed by atoms with Crippen molar-refractivity contribution in [2.24, 2.45) is 0 Å². The molecule has 0 aliphatic carbocycles. The summed E-state index contributed by atoms with van der Waals surface area (Å²) in [7, 11) is 0. The lowest BCUT2D eigenvalue weighted by molar-refractivity contribution is 0.102. The first kappa shape index (κ1) is 17.9. The molecule has 0 saturated heterocycles. The van der Waals surface area contributed by atoms with Crippen LogP contribution in [0.5, 0.6) is 11.5 Å². The molecule has 2 aromatic carbocycles. The standard InChI is InChI=1S/C22H21N3O3/c1-14(2)17-5-3-4-6-18(17)24-16-7-9-19(23-12-16)22(26)25-15-8-10-20-21(11-15)28-13-27-20/h3-12,14,24H,13H2,1-2H3,(H,25,26). The first-order valence-electron chi connectivity index (χ1n) is 9.13. The van der Waals surface area contributed by atoms with Gasteiger partial charge in [-0.05, 0) is 41.8 Å². The average Bonchev–Trinajstić information content (AvgIpc) is 3.16. The fourth-order valence-electron chi connectivity index (χ4n) is 3.04. The molecule has 2 N–H and O–H groups in total. The number of carbonyl (C=O) groups excluding carboxylic acids is 1. The number of anilines is 3. The van der Waals surface area contributed by atoms with E-state index in [1.807, 2.05) is 24.3 Å². The Balaban J connectivity index is 1.45. The smallest absolute Gasteiger partial charge is 0.274 e. The van der Waals surface area contributed by atoms with E-state index in [0.717, 1.165) is 11.4 Å². The average molecular weight is 375 g/mol. The minimum absolute atomic E-state index is 0.197. The Labute approximate surface area is 163 Å². The number of fused-ring (bicyclic) bond motifs is 1. The summed E-state index contributed by atoms with van der Waals surface area (Å²) >= 11 is 0. The molecule has 1 amide bonds. The second-order valence-electron chi connectivity index (χ2n) is 6.82. The zero-order chi connectivity index (χ0) is 19.5. The van der Waals surface area contributed by atoms with Crippen LogP contribution >= 0.6 is 0 Å². The predicted molar refractivity (Wildman–Crippen MR) is 109 cm³/mol. The zero-order valence-corrected chi connectivity index (χ0v) is 15.7. The van der Waals surface area contributed by atoms with E-state index in [2.05, 4.69) is 35.5 Å². The lowest BCUT2D eigenvalue weighted by Gasteiger charge is -2.14. The number of nitrogens with one attached hydrogen (secondary N) is 2. The van der Waals surface area contributed by atoms with Crippen LogP contribution in [0.25, 0.3) is 0 Å². The molecule has 0 saturated carbocycles. The molecule has 6 heteroatoms. The molecule has 0 bridgehead atoms. The molecule has 0 spiro atoms. The van der Waals surface area contributed by atoms with E-state index in [1.54, 1.807) is 30.5 Å². The number of hydrogen-bond acceptors (Lipinski definition) is 5. The van der Waals surface area contributed by atoms with Gasteiger partial charge >= 0.3 is 0 Å². The second kappa shape index (κ2) is 7.60. The summed E-state index contributed by atoms with van der Waals surface area (Å²) < 4.78 is 10.6. The number of ether oxygens (including phenoxy) is 2. The maximum Gasteiger partial charge on any atom is 0.274 e. The monoisotopic (exact) mass is 375 g/mol. The number of pyridine rings is 1. The van der Waals surface area contributed by atoms with Crippen LogP contribution in [0, 0.1) is 0 Å². The molecule has 28 heavy (non-hydrogen) atoms. The van der Waals surface area contributed by atoms with Gasteiger partial charge in [0.2, 0.25) is 6.79 Å². The third-order valence-electron chi connectivity index (χ3n) is 4.49. The summed E-state index contributed by atoms with van der Waals surface area (Å²) in [5, 5.41) is 6.20. The summed E-state index contributed by atoms with van der Waals surface area (Å²) in [6.07, 6.45) is 1.66. The first-order valence-corrected chi connectivity index (χ1v) is 9.13. The highest BCUT2D eigenvalue weighted by atomic mass is 16.7. The molecule has 1 aromatic heterocycles. The fourth-order valence-corrected chi connectivity index (χ4v) is 3.04. The number of carbonyl (C=O) groups is 1. The highest BCUT2D eigenvalue weighted by Crippen LogP contribution is 2.34. The number of hydrogen-bond donors (Lipinski definition) is 2. The van der Waals surface area contributed by atoms with Gasteiger partial charge in [0.15, 0.2) is 11.5 Å². The molecule has 0 unspecified atom stereocenters. The van der Waals surface area contributed by atoms with Crippen LogP contribution in [0.4, 0.5) is 17.1 Å². The van der Waals surface area contributed by atoms with Gasteiger partial charge in [-0.15, -0.1) is 0 Å². The van der Waals surface area contributed by atoms with Crippen molar-refractivity contribution in [3.63, 3.8) is 0 Å². The van der Waals surface area contributed by atoms with Crippen molar-refractivity contribution in [3.8, 4) is 11.5 Å². The summed E-state index contributed by atoms with van der Waals surface area (Å²) in [5.74, 6) is 1.42. The van der Waals surface area contributed by atoms with Gasteiger partial charge in [0, 0.05) is 17.4 Å². The maximum atomic E-state index is 12.5. The topological polar surface area (TPSA) is 72.5 Å². The van der Waals surface area contributed by atoms with Gasteiger partial charge in [0.1, 0.15) is 5.69 Å². The number of nitrogens with zero attached hydrogens (tertiary/aromatic N) is 1. The Morgan fingerprint density at radius 1 is 1.00 bits per heavy atom. The van der Waals surface area contributed by atoms with E-state index in [0.29, 0.717) is 28.8 Å². The minimum atomic E-state index is -0.284. The Morgan fingerprint density at radius 2 is 1.79 bits per heavy atom. The molecule has 3 aromatic rings. The third kappa shape index (κ3) is 3.76. The van der Waals surface area contributed by atoms with Crippen LogP contribution in [-0.2, 0) is 0 Å². The maximum absolute atomic E-state index is 12.5. The highest BCUT2D eigenvalue weighted by molar-refractivity contribution is 6.03. The van der Waals surface area contributed by atoms with E-state index in [9.17, 15) is 4.79 Å². The molecule has 4 rings (SSSR count). The lowest BCUT2D eigenvalue weighted by atomic mass is 10.0. The zero-order valence-electron chi connectivity index (χ0n) is 15.7. The van der Waals surface area contributed by atoms with Gasteiger partial charge in [0.05, 0.1) is 11.9 Å². The van der Waals surface area contributed by atoms with E-state index in [1.165, 1.54) is 5.56 Å². The van der Waals surface area contributed by atoms with Crippen molar-refractivity contribution in [3.05, 3.63) is 72.1 Å². The van der Waals surface area contributed by atoms with Gasteiger partial charge in [-0.2, -0.15) is 0 Å². The lowest BCUT2D eigenvalue weighted by Crippen LogP contribution is -2.13. The second-order valence-corrected chi connectivity index (χ2v) is 6.82. The van der Waals surface area contributed by atoms with E-state index in [4.69, 9.17) is 9.47 Å². The van der Waals surface area contributed by atoms with Crippen molar-refractivity contribution in [1.29, 1.82) is 0 Å². The Bertz CT molecular complexity index is 1000. The van der Waals surface area contributed by atoms with Gasteiger partial charge in [0.25, 0.3) is 5.91 Å². The summed E-state index contributed by atoms with van der Waals surface area (Å²) in [4.78, 5) is 16.7.